The lowest BCUT2D eigenvalue weighted by Gasteiger charge is -2.24. The third-order valence-electron chi connectivity index (χ3n) is 5.14. The summed E-state index contributed by atoms with van der Waals surface area (Å²) in [5, 5.41) is 15.7. The van der Waals surface area contributed by atoms with Crippen molar-refractivity contribution in [1.82, 2.24) is 15.4 Å². The van der Waals surface area contributed by atoms with Gasteiger partial charge in [-0.15, -0.1) is 0 Å². The summed E-state index contributed by atoms with van der Waals surface area (Å²) < 4.78 is 2.92. The molecule has 28 heavy (non-hydrogen) atoms. The van der Waals surface area contributed by atoms with Gasteiger partial charge in [0, 0.05) is 11.2 Å². The van der Waals surface area contributed by atoms with Gasteiger partial charge < -0.3 is 21.5 Å². The lowest BCUT2D eigenvalue weighted by Crippen LogP contribution is -2.53. The van der Waals surface area contributed by atoms with E-state index in [-0.39, 0.29) is 23.8 Å². The maximum Gasteiger partial charge on any atom is 0.252 e. The van der Waals surface area contributed by atoms with E-state index in [1.54, 1.807) is 0 Å². The van der Waals surface area contributed by atoms with Crippen molar-refractivity contribution in [2.75, 3.05) is 6.54 Å². The van der Waals surface area contributed by atoms with Crippen molar-refractivity contribution in [3.8, 4) is 0 Å². The van der Waals surface area contributed by atoms with Gasteiger partial charge in [-0.3, -0.25) is 14.3 Å². The molecule has 1 aliphatic heterocycles. The highest BCUT2D eigenvalue weighted by Crippen LogP contribution is 2.32. The van der Waals surface area contributed by atoms with Crippen LogP contribution in [0.4, 0.5) is 0 Å². The average molecular weight is 413 g/mol. The van der Waals surface area contributed by atoms with E-state index in [4.69, 9.17) is 10.8 Å². The summed E-state index contributed by atoms with van der Waals surface area (Å²) >= 11 is 1.47. The van der Waals surface area contributed by atoms with Gasteiger partial charge in [-0.2, -0.15) is 0 Å². The van der Waals surface area contributed by atoms with E-state index in [1.165, 1.54) is 11.9 Å². The van der Waals surface area contributed by atoms with E-state index in [9.17, 15) is 9.59 Å². The lowest BCUT2D eigenvalue weighted by molar-refractivity contribution is -0.129. The fourth-order valence-corrected chi connectivity index (χ4v) is 3.98. The summed E-state index contributed by atoms with van der Waals surface area (Å²) in [5.74, 6) is -0.303. The van der Waals surface area contributed by atoms with Crippen LogP contribution in [0.15, 0.2) is 12.2 Å². The number of carbonyl (C=O) groups excluding carboxylic acids is 2. The fraction of sp³-hybridized carbons (Fsp3) is 0.800. The van der Waals surface area contributed by atoms with Gasteiger partial charge in [0.25, 0.3) is 5.91 Å². The molecule has 1 saturated carbocycles. The molecule has 1 heterocycles. The fourth-order valence-electron chi connectivity index (χ4n) is 3.20. The molecular formula is C20H36N4O3S. The van der Waals surface area contributed by atoms with E-state index in [2.05, 4.69) is 21.4 Å². The molecule has 1 saturated heterocycles. The number of carbonyl (C=O) groups is 2. The molecule has 7 nitrogen and oxygen atoms in total. The van der Waals surface area contributed by atoms with E-state index in [0.29, 0.717) is 11.7 Å². The van der Waals surface area contributed by atoms with E-state index in [0.717, 1.165) is 57.9 Å². The number of hydrogen-bond acceptors (Lipinski definition) is 6. The first-order valence-corrected chi connectivity index (χ1v) is 11.4. The molecule has 2 aliphatic rings. The molecular weight excluding hydrogens is 376 g/mol. The van der Waals surface area contributed by atoms with Crippen molar-refractivity contribution in [3.63, 3.8) is 0 Å². The quantitative estimate of drug-likeness (QED) is 0.136. The van der Waals surface area contributed by atoms with Crippen molar-refractivity contribution in [1.29, 1.82) is 0 Å². The summed E-state index contributed by atoms with van der Waals surface area (Å²) in [4.78, 5) is 25.2. The number of nitrogens with one attached hydrogen (secondary N) is 3. The highest BCUT2D eigenvalue weighted by atomic mass is 32.2. The first-order valence-electron chi connectivity index (χ1n) is 10.6. The SMILES string of the molecule is C[C@@H](/C=C\CCCCC[C@H](N)O)C(NC(=O)C1CCCN1)C(=O)NSC1CC1. The molecule has 2 unspecified atom stereocenters. The molecule has 0 aromatic rings. The summed E-state index contributed by atoms with van der Waals surface area (Å²) in [7, 11) is 0. The monoisotopic (exact) mass is 412 g/mol. The normalized spacial score (nSPS) is 22.8. The van der Waals surface area contributed by atoms with Gasteiger partial charge in [-0.25, -0.2) is 0 Å². The van der Waals surface area contributed by atoms with E-state index >= 15 is 0 Å². The molecule has 160 valence electrons. The first kappa shape index (κ1) is 23.2. The Morgan fingerprint density at radius 1 is 1.29 bits per heavy atom. The Labute approximate surface area is 172 Å². The topological polar surface area (TPSA) is 116 Å². The molecule has 8 heteroatoms. The number of unbranched alkanes of at least 4 members (excludes halogenated alkanes) is 3. The number of amides is 2. The highest BCUT2D eigenvalue weighted by molar-refractivity contribution is 7.98. The third kappa shape index (κ3) is 8.94. The molecule has 2 fully saturated rings. The Kier molecular flexibility index (Phi) is 10.3. The van der Waals surface area contributed by atoms with E-state index < -0.39 is 12.3 Å². The second-order valence-corrected chi connectivity index (χ2v) is 9.02. The molecule has 0 spiro atoms. The van der Waals surface area contributed by atoms with Crippen LogP contribution in [-0.4, -0.2) is 47.0 Å². The van der Waals surface area contributed by atoms with Gasteiger partial charge in [0.2, 0.25) is 5.91 Å². The number of allylic oxidation sites excluding steroid dienone is 1. The van der Waals surface area contributed by atoms with Crippen molar-refractivity contribution in [2.45, 2.75) is 88.3 Å². The minimum atomic E-state index is -0.721. The maximum atomic E-state index is 12.7. The van der Waals surface area contributed by atoms with Crippen molar-refractivity contribution < 1.29 is 14.7 Å². The van der Waals surface area contributed by atoms with Crippen molar-refractivity contribution in [3.05, 3.63) is 12.2 Å². The van der Waals surface area contributed by atoms with E-state index in [1.807, 2.05) is 13.0 Å². The van der Waals surface area contributed by atoms with Crippen LogP contribution in [0.1, 0.15) is 64.7 Å². The van der Waals surface area contributed by atoms with Crippen molar-refractivity contribution in [2.24, 2.45) is 11.7 Å². The molecule has 0 aromatic carbocycles. The van der Waals surface area contributed by atoms with Gasteiger partial charge >= 0.3 is 0 Å². The molecule has 0 aromatic heterocycles. The Morgan fingerprint density at radius 2 is 2.07 bits per heavy atom. The van der Waals surface area contributed by atoms with Crippen LogP contribution in [0.25, 0.3) is 0 Å². The zero-order valence-electron chi connectivity index (χ0n) is 16.9. The second kappa shape index (κ2) is 12.5. The summed E-state index contributed by atoms with van der Waals surface area (Å²) in [6.07, 6.45) is 12.0. The van der Waals surface area contributed by atoms with Crippen LogP contribution in [-0.2, 0) is 9.59 Å². The smallest absolute Gasteiger partial charge is 0.252 e. The predicted molar refractivity (Wildman–Crippen MR) is 113 cm³/mol. The minimum absolute atomic E-state index is 0.0870. The van der Waals surface area contributed by atoms with Crippen LogP contribution in [0.2, 0.25) is 0 Å². The Hall–Kier alpha value is -1.09. The van der Waals surface area contributed by atoms with Crippen molar-refractivity contribution >= 4 is 23.8 Å². The largest absolute Gasteiger partial charge is 0.379 e. The van der Waals surface area contributed by atoms with Crippen LogP contribution in [0.5, 0.6) is 0 Å². The number of rotatable bonds is 13. The average Bonchev–Trinajstić information content (AvgIpc) is 3.33. The van der Waals surface area contributed by atoms with Gasteiger partial charge in [0.1, 0.15) is 12.3 Å². The standard InChI is InChI=1S/C20H36N4O3S/c1-14(8-5-3-2-4-6-10-17(21)25)18(20(27)24-28-15-11-12-15)23-19(26)16-9-7-13-22-16/h5,8,14-18,22,25H,2-4,6-7,9-13,21H2,1H3,(H,23,26)(H,24,27)/b8-5-/t14-,16?,17+,18?/m0/s1. The zero-order chi connectivity index (χ0) is 20.4. The molecule has 0 bridgehead atoms. The summed E-state index contributed by atoms with van der Waals surface area (Å²) in [6.45, 7) is 2.82. The first-order chi connectivity index (χ1) is 13.5. The molecule has 2 amide bonds. The van der Waals surface area contributed by atoms with Gasteiger partial charge in [0.15, 0.2) is 0 Å². The lowest BCUT2D eigenvalue weighted by atomic mass is 9.99. The Balaban J connectivity index is 1.80. The molecule has 6 N–H and O–H groups in total. The Bertz CT molecular complexity index is 520. The number of nitrogens with two attached hydrogens (primary N) is 1. The molecule has 0 radical (unpaired) electrons. The van der Waals surface area contributed by atoms with Crippen LogP contribution in [0, 0.1) is 5.92 Å². The zero-order valence-corrected chi connectivity index (χ0v) is 17.7. The molecule has 4 atom stereocenters. The predicted octanol–water partition coefficient (Wildman–Crippen LogP) is 1.57. The molecule has 1 aliphatic carbocycles. The van der Waals surface area contributed by atoms with Crippen LogP contribution in [0.3, 0.4) is 0 Å². The van der Waals surface area contributed by atoms with Gasteiger partial charge in [-0.1, -0.05) is 25.5 Å². The minimum Gasteiger partial charge on any atom is -0.379 e. The van der Waals surface area contributed by atoms with Crippen LogP contribution < -0.4 is 21.1 Å². The maximum absolute atomic E-state index is 12.7. The molecule has 2 rings (SSSR count). The van der Waals surface area contributed by atoms with Gasteiger partial charge in [-0.05, 0) is 69.9 Å². The number of hydrogen-bond donors (Lipinski definition) is 5. The number of aliphatic hydroxyl groups excluding tert-OH is 1. The highest BCUT2D eigenvalue weighted by Gasteiger charge is 2.31. The van der Waals surface area contributed by atoms with Gasteiger partial charge in [0.05, 0.1) is 6.04 Å². The summed E-state index contributed by atoms with van der Waals surface area (Å²) in [5.41, 5.74) is 5.33. The third-order valence-corrected chi connectivity index (χ3v) is 6.27. The summed E-state index contributed by atoms with van der Waals surface area (Å²) in [6, 6.07) is -0.759. The van der Waals surface area contributed by atoms with Crippen LogP contribution >= 0.6 is 11.9 Å². The second-order valence-electron chi connectivity index (χ2n) is 7.91. The Morgan fingerprint density at radius 3 is 2.71 bits per heavy atom. The number of aliphatic hydroxyl groups is 1.